The van der Waals surface area contributed by atoms with Gasteiger partial charge in [-0.15, -0.1) is 0 Å². The number of hydrazine groups is 1. The quantitative estimate of drug-likeness (QED) is 0.513. The number of nitrogens with two attached hydrogens (primary N) is 1. The van der Waals surface area contributed by atoms with Crippen LogP contribution in [-0.2, 0) is 9.47 Å². The Morgan fingerprint density at radius 2 is 2.06 bits per heavy atom. The Bertz CT molecular complexity index is 172. The van der Waals surface area contributed by atoms with Crippen molar-refractivity contribution in [3.63, 3.8) is 0 Å². The maximum absolute atomic E-state index is 5.60. The first kappa shape index (κ1) is 13.9. The molecule has 0 bridgehead atoms. The van der Waals surface area contributed by atoms with E-state index in [1.807, 2.05) is 0 Å². The summed E-state index contributed by atoms with van der Waals surface area (Å²) in [7, 11) is 1.76. The number of rotatable bonds is 7. The van der Waals surface area contributed by atoms with Gasteiger partial charge in [-0.25, -0.2) is 0 Å². The monoisotopic (exact) mass is 230 g/mol. The molecule has 1 aliphatic heterocycles. The van der Waals surface area contributed by atoms with Gasteiger partial charge in [0.1, 0.15) is 0 Å². The van der Waals surface area contributed by atoms with Crippen molar-refractivity contribution in [1.29, 1.82) is 0 Å². The van der Waals surface area contributed by atoms with Gasteiger partial charge < -0.3 is 9.47 Å². The van der Waals surface area contributed by atoms with Crippen LogP contribution < -0.4 is 11.3 Å². The summed E-state index contributed by atoms with van der Waals surface area (Å²) in [4.78, 5) is 0. The molecule has 4 heteroatoms. The molecule has 2 atom stereocenters. The van der Waals surface area contributed by atoms with Gasteiger partial charge in [0.25, 0.3) is 0 Å². The van der Waals surface area contributed by atoms with Crippen LogP contribution >= 0.6 is 0 Å². The van der Waals surface area contributed by atoms with Gasteiger partial charge in [0.2, 0.25) is 0 Å². The van der Waals surface area contributed by atoms with Crippen LogP contribution in [0.3, 0.4) is 0 Å². The average molecular weight is 230 g/mol. The standard InChI is InChI=1S/C12H26N2O2/c1-10(15-2)3-4-12(14-13)9-11-5-7-16-8-6-11/h10-12,14H,3-9,13H2,1-2H3. The molecule has 0 amide bonds. The van der Waals surface area contributed by atoms with Gasteiger partial charge in [0, 0.05) is 26.4 Å². The molecule has 0 saturated carbocycles. The molecule has 96 valence electrons. The Morgan fingerprint density at radius 3 is 2.62 bits per heavy atom. The zero-order chi connectivity index (χ0) is 11.8. The molecular formula is C12H26N2O2. The average Bonchev–Trinajstić information content (AvgIpc) is 2.35. The first-order valence-corrected chi connectivity index (χ1v) is 6.33. The van der Waals surface area contributed by atoms with Crippen molar-refractivity contribution in [3.05, 3.63) is 0 Å². The summed E-state index contributed by atoms with van der Waals surface area (Å²) in [6.07, 6.45) is 5.99. The van der Waals surface area contributed by atoms with E-state index in [0.717, 1.165) is 38.4 Å². The minimum absolute atomic E-state index is 0.325. The highest BCUT2D eigenvalue weighted by Gasteiger charge is 2.18. The van der Waals surface area contributed by atoms with E-state index in [9.17, 15) is 0 Å². The molecular weight excluding hydrogens is 204 g/mol. The third-order valence-electron chi connectivity index (χ3n) is 3.52. The highest BCUT2D eigenvalue weighted by molar-refractivity contribution is 4.73. The maximum Gasteiger partial charge on any atom is 0.0543 e. The first-order chi connectivity index (χ1) is 7.76. The van der Waals surface area contributed by atoms with Crippen LogP contribution in [0.15, 0.2) is 0 Å². The summed E-state index contributed by atoms with van der Waals surface area (Å²) in [6, 6.07) is 0.417. The van der Waals surface area contributed by atoms with E-state index >= 15 is 0 Å². The molecule has 0 aromatic heterocycles. The lowest BCUT2D eigenvalue weighted by molar-refractivity contribution is 0.0584. The van der Waals surface area contributed by atoms with Gasteiger partial charge in [0.15, 0.2) is 0 Å². The first-order valence-electron chi connectivity index (χ1n) is 6.33. The van der Waals surface area contributed by atoms with Crippen LogP contribution in [-0.4, -0.2) is 32.5 Å². The van der Waals surface area contributed by atoms with Gasteiger partial charge in [-0.2, -0.15) is 0 Å². The van der Waals surface area contributed by atoms with Crippen LogP contribution in [0.1, 0.15) is 39.0 Å². The molecule has 2 unspecified atom stereocenters. The van der Waals surface area contributed by atoms with Crippen molar-refractivity contribution in [2.24, 2.45) is 11.8 Å². The SMILES string of the molecule is COC(C)CCC(CC1CCOCC1)NN. The molecule has 4 nitrogen and oxygen atoms in total. The van der Waals surface area contributed by atoms with Crippen LogP contribution in [0.4, 0.5) is 0 Å². The summed E-state index contributed by atoms with van der Waals surface area (Å²) >= 11 is 0. The van der Waals surface area contributed by atoms with Gasteiger partial charge in [-0.05, 0) is 44.9 Å². The fourth-order valence-corrected chi connectivity index (χ4v) is 2.21. The highest BCUT2D eigenvalue weighted by atomic mass is 16.5. The Kier molecular flexibility index (Phi) is 6.96. The van der Waals surface area contributed by atoms with Gasteiger partial charge >= 0.3 is 0 Å². The van der Waals surface area contributed by atoms with Crippen LogP contribution in [0.2, 0.25) is 0 Å². The third-order valence-corrected chi connectivity index (χ3v) is 3.52. The van der Waals surface area contributed by atoms with E-state index in [4.69, 9.17) is 15.3 Å². The van der Waals surface area contributed by atoms with Crippen molar-refractivity contribution in [2.45, 2.75) is 51.2 Å². The zero-order valence-corrected chi connectivity index (χ0v) is 10.6. The molecule has 1 fully saturated rings. The summed E-state index contributed by atoms with van der Waals surface area (Å²) in [5, 5.41) is 0. The molecule has 0 aromatic carbocycles. The van der Waals surface area contributed by atoms with Crippen molar-refractivity contribution >= 4 is 0 Å². The Morgan fingerprint density at radius 1 is 1.38 bits per heavy atom. The minimum Gasteiger partial charge on any atom is -0.382 e. The number of hydrogen-bond acceptors (Lipinski definition) is 4. The summed E-state index contributed by atoms with van der Waals surface area (Å²) in [6.45, 7) is 3.93. The third kappa shape index (κ3) is 5.25. The molecule has 0 radical (unpaired) electrons. The highest BCUT2D eigenvalue weighted by Crippen LogP contribution is 2.21. The fourth-order valence-electron chi connectivity index (χ4n) is 2.21. The van der Waals surface area contributed by atoms with Gasteiger partial charge in [-0.3, -0.25) is 11.3 Å². The van der Waals surface area contributed by atoms with E-state index in [2.05, 4.69) is 12.3 Å². The van der Waals surface area contributed by atoms with E-state index in [0.29, 0.717) is 12.1 Å². The molecule has 1 aliphatic rings. The number of hydrogen-bond donors (Lipinski definition) is 2. The van der Waals surface area contributed by atoms with E-state index < -0.39 is 0 Å². The van der Waals surface area contributed by atoms with Crippen LogP contribution in [0.5, 0.6) is 0 Å². The topological polar surface area (TPSA) is 56.5 Å². The predicted octanol–water partition coefficient (Wildman–Crippen LogP) is 1.45. The van der Waals surface area contributed by atoms with E-state index in [1.54, 1.807) is 7.11 Å². The molecule has 1 rings (SSSR count). The predicted molar refractivity (Wildman–Crippen MR) is 65.0 cm³/mol. The molecule has 16 heavy (non-hydrogen) atoms. The van der Waals surface area contributed by atoms with Gasteiger partial charge in [-0.1, -0.05) is 0 Å². The normalized spacial score (nSPS) is 21.9. The van der Waals surface area contributed by atoms with Crippen molar-refractivity contribution in [3.8, 4) is 0 Å². The summed E-state index contributed by atoms with van der Waals surface area (Å²) < 4.78 is 10.6. The second-order valence-electron chi connectivity index (χ2n) is 4.78. The van der Waals surface area contributed by atoms with Crippen molar-refractivity contribution < 1.29 is 9.47 Å². The minimum atomic E-state index is 0.325. The largest absolute Gasteiger partial charge is 0.382 e. The number of ether oxygens (including phenoxy) is 2. The second-order valence-corrected chi connectivity index (χ2v) is 4.78. The lowest BCUT2D eigenvalue weighted by atomic mass is 9.90. The summed E-state index contributed by atoms with van der Waals surface area (Å²) in [5.74, 6) is 6.37. The number of methoxy groups -OCH3 is 1. The fraction of sp³-hybridized carbons (Fsp3) is 1.00. The molecule has 1 saturated heterocycles. The lowest BCUT2D eigenvalue weighted by Crippen LogP contribution is -2.38. The smallest absolute Gasteiger partial charge is 0.0543 e. The van der Waals surface area contributed by atoms with Crippen LogP contribution in [0.25, 0.3) is 0 Å². The van der Waals surface area contributed by atoms with Gasteiger partial charge in [0.05, 0.1) is 6.10 Å². The Balaban J connectivity index is 2.19. The van der Waals surface area contributed by atoms with Crippen LogP contribution in [0, 0.1) is 5.92 Å². The number of nitrogens with one attached hydrogen (secondary N) is 1. The zero-order valence-electron chi connectivity index (χ0n) is 10.6. The van der Waals surface area contributed by atoms with Crippen molar-refractivity contribution in [1.82, 2.24) is 5.43 Å². The summed E-state index contributed by atoms with van der Waals surface area (Å²) in [5.41, 5.74) is 2.93. The van der Waals surface area contributed by atoms with E-state index in [1.165, 1.54) is 12.8 Å². The molecule has 3 N–H and O–H groups in total. The molecule has 1 heterocycles. The molecule has 0 spiro atoms. The van der Waals surface area contributed by atoms with E-state index in [-0.39, 0.29) is 0 Å². The Hall–Kier alpha value is -0.160. The Labute approximate surface area is 98.8 Å². The lowest BCUT2D eigenvalue weighted by Gasteiger charge is -2.26. The van der Waals surface area contributed by atoms with Crippen molar-refractivity contribution in [2.75, 3.05) is 20.3 Å². The molecule has 0 aromatic rings. The second kappa shape index (κ2) is 8.01. The molecule has 0 aliphatic carbocycles. The maximum atomic E-state index is 5.60.